The highest BCUT2D eigenvalue weighted by Crippen LogP contribution is 2.33. The number of carboxylic acids is 1. The van der Waals surface area contributed by atoms with Gasteiger partial charge in [-0.05, 0) is 36.4 Å². The molecule has 1 saturated carbocycles. The molecule has 0 aromatic heterocycles. The van der Waals surface area contributed by atoms with E-state index in [-0.39, 0.29) is 6.04 Å². The van der Waals surface area contributed by atoms with Gasteiger partial charge >= 0.3 is 5.97 Å². The maximum Gasteiger partial charge on any atom is 0.321 e. The summed E-state index contributed by atoms with van der Waals surface area (Å²) >= 11 is 0. The summed E-state index contributed by atoms with van der Waals surface area (Å²) in [6, 6.07) is 7.89. The van der Waals surface area contributed by atoms with Crippen molar-refractivity contribution in [2.45, 2.75) is 38.3 Å². The fraction of sp³-hybridized carbons (Fsp3) is 0.533. The second kappa shape index (κ2) is 4.73. The van der Waals surface area contributed by atoms with E-state index < -0.39 is 5.97 Å². The van der Waals surface area contributed by atoms with Crippen molar-refractivity contribution in [1.29, 1.82) is 0 Å². The average Bonchev–Trinajstić information content (AvgIpc) is 3.19. The molecule has 1 aliphatic heterocycles. The molecular weight excluding hydrogens is 226 g/mol. The summed E-state index contributed by atoms with van der Waals surface area (Å²) in [4.78, 5) is 13.5. The van der Waals surface area contributed by atoms with E-state index in [9.17, 15) is 9.90 Å². The van der Waals surface area contributed by atoms with Crippen LogP contribution >= 0.6 is 0 Å². The van der Waals surface area contributed by atoms with Crippen molar-refractivity contribution >= 4 is 5.97 Å². The maximum absolute atomic E-state index is 11.4. The Morgan fingerprint density at radius 1 is 1.28 bits per heavy atom. The molecule has 0 saturated heterocycles. The van der Waals surface area contributed by atoms with Crippen molar-refractivity contribution in [2.75, 3.05) is 6.54 Å². The van der Waals surface area contributed by atoms with E-state index in [1.807, 2.05) is 12.1 Å². The molecule has 1 aromatic carbocycles. The van der Waals surface area contributed by atoms with Gasteiger partial charge in [0.15, 0.2) is 0 Å². The van der Waals surface area contributed by atoms with Crippen molar-refractivity contribution in [1.82, 2.24) is 4.90 Å². The largest absolute Gasteiger partial charge is 0.480 e. The third-order valence-electron chi connectivity index (χ3n) is 4.15. The molecule has 3 nitrogen and oxygen atoms in total. The summed E-state index contributed by atoms with van der Waals surface area (Å²) in [5.74, 6) is 0.178. The zero-order chi connectivity index (χ0) is 12.5. The lowest BCUT2D eigenvalue weighted by atomic mass is 9.94. The average molecular weight is 245 g/mol. The predicted octanol–water partition coefficient (Wildman–Crippen LogP) is 2.30. The first-order valence-electron chi connectivity index (χ1n) is 6.77. The SMILES string of the molecule is O=C(O)C1Cc2ccccc2CN1CCC1CC1. The molecule has 3 heteroatoms. The third kappa shape index (κ3) is 2.41. The van der Waals surface area contributed by atoms with Crippen LogP contribution in [0.5, 0.6) is 0 Å². The monoisotopic (exact) mass is 245 g/mol. The molecule has 1 heterocycles. The van der Waals surface area contributed by atoms with Crippen LogP contribution in [0.15, 0.2) is 24.3 Å². The van der Waals surface area contributed by atoms with Crippen molar-refractivity contribution in [3.8, 4) is 0 Å². The van der Waals surface area contributed by atoms with Gasteiger partial charge in [-0.15, -0.1) is 0 Å². The van der Waals surface area contributed by atoms with Crippen LogP contribution in [0, 0.1) is 5.92 Å². The van der Waals surface area contributed by atoms with Gasteiger partial charge in [0.1, 0.15) is 6.04 Å². The number of hydrogen-bond acceptors (Lipinski definition) is 2. The van der Waals surface area contributed by atoms with E-state index in [1.165, 1.54) is 24.0 Å². The van der Waals surface area contributed by atoms with E-state index in [0.717, 1.165) is 25.4 Å². The highest BCUT2D eigenvalue weighted by molar-refractivity contribution is 5.74. The number of benzene rings is 1. The number of fused-ring (bicyclic) bond motifs is 1. The Balaban J connectivity index is 1.76. The van der Waals surface area contributed by atoms with E-state index in [1.54, 1.807) is 0 Å². The molecule has 1 N–H and O–H groups in total. The third-order valence-corrected chi connectivity index (χ3v) is 4.15. The van der Waals surface area contributed by atoms with E-state index in [2.05, 4.69) is 17.0 Å². The van der Waals surface area contributed by atoms with Crippen LogP contribution in [0.2, 0.25) is 0 Å². The van der Waals surface area contributed by atoms with E-state index in [4.69, 9.17) is 0 Å². The lowest BCUT2D eigenvalue weighted by molar-refractivity contribution is -0.144. The van der Waals surface area contributed by atoms with Crippen LogP contribution in [0.25, 0.3) is 0 Å². The number of carbonyl (C=O) groups is 1. The van der Waals surface area contributed by atoms with Gasteiger partial charge in [0.2, 0.25) is 0 Å². The highest BCUT2D eigenvalue weighted by Gasteiger charge is 2.32. The van der Waals surface area contributed by atoms with Gasteiger partial charge in [-0.2, -0.15) is 0 Å². The van der Waals surface area contributed by atoms with Crippen molar-refractivity contribution in [2.24, 2.45) is 5.92 Å². The lowest BCUT2D eigenvalue weighted by Gasteiger charge is -2.34. The molecule has 0 radical (unpaired) electrons. The molecule has 2 aliphatic rings. The van der Waals surface area contributed by atoms with Gasteiger partial charge in [0.05, 0.1) is 0 Å². The van der Waals surface area contributed by atoms with Gasteiger partial charge in [0.25, 0.3) is 0 Å². The first-order valence-corrected chi connectivity index (χ1v) is 6.77. The topological polar surface area (TPSA) is 40.5 Å². The van der Waals surface area contributed by atoms with Crippen LogP contribution in [0.4, 0.5) is 0 Å². The normalized spacial score (nSPS) is 23.7. The molecular formula is C15H19NO2. The molecule has 1 fully saturated rings. The van der Waals surface area contributed by atoms with Crippen LogP contribution < -0.4 is 0 Å². The summed E-state index contributed by atoms with van der Waals surface area (Å²) in [5, 5.41) is 9.37. The van der Waals surface area contributed by atoms with Gasteiger partial charge in [-0.3, -0.25) is 9.69 Å². The zero-order valence-corrected chi connectivity index (χ0v) is 10.5. The highest BCUT2D eigenvalue weighted by atomic mass is 16.4. The minimum absolute atomic E-state index is 0.335. The number of aliphatic carboxylic acids is 1. The molecule has 0 spiro atoms. The van der Waals surface area contributed by atoms with Gasteiger partial charge in [-0.1, -0.05) is 37.1 Å². The minimum atomic E-state index is -0.680. The predicted molar refractivity (Wildman–Crippen MR) is 69.3 cm³/mol. The Bertz CT molecular complexity index is 454. The standard InChI is InChI=1S/C15H19NO2/c17-15(18)14-9-12-3-1-2-4-13(12)10-16(14)8-7-11-5-6-11/h1-4,11,14H,5-10H2,(H,17,18). The second-order valence-electron chi connectivity index (χ2n) is 5.53. The maximum atomic E-state index is 11.4. The van der Waals surface area contributed by atoms with Crippen LogP contribution in [0.1, 0.15) is 30.4 Å². The molecule has 0 bridgehead atoms. The smallest absolute Gasteiger partial charge is 0.321 e. The van der Waals surface area contributed by atoms with Crippen LogP contribution in [0.3, 0.4) is 0 Å². The number of nitrogens with zero attached hydrogens (tertiary/aromatic N) is 1. The zero-order valence-electron chi connectivity index (χ0n) is 10.5. The summed E-state index contributed by atoms with van der Waals surface area (Å²) in [6.07, 6.45) is 4.48. The van der Waals surface area contributed by atoms with Crippen molar-refractivity contribution < 1.29 is 9.90 Å². The van der Waals surface area contributed by atoms with Crippen molar-refractivity contribution in [3.05, 3.63) is 35.4 Å². The molecule has 1 aromatic rings. The molecule has 18 heavy (non-hydrogen) atoms. The summed E-state index contributed by atoms with van der Waals surface area (Å²) in [7, 11) is 0. The van der Waals surface area contributed by atoms with Crippen LogP contribution in [-0.2, 0) is 17.8 Å². The van der Waals surface area contributed by atoms with Crippen LogP contribution in [-0.4, -0.2) is 28.6 Å². The first-order chi connectivity index (χ1) is 8.74. The number of carboxylic acid groups (broad SMARTS) is 1. The van der Waals surface area contributed by atoms with Gasteiger partial charge in [-0.25, -0.2) is 0 Å². The Morgan fingerprint density at radius 2 is 2.00 bits per heavy atom. The van der Waals surface area contributed by atoms with Gasteiger partial charge < -0.3 is 5.11 Å². The minimum Gasteiger partial charge on any atom is -0.480 e. The molecule has 1 unspecified atom stereocenters. The fourth-order valence-electron chi connectivity index (χ4n) is 2.81. The quantitative estimate of drug-likeness (QED) is 0.885. The molecule has 96 valence electrons. The fourth-order valence-corrected chi connectivity index (χ4v) is 2.81. The molecule has 1 aliphatic carbocycles. The van der Waals surface area contributed by atoms with Crippen molar-refractivity contribution in [3.63, 3.8) is 0 Å². The Kier molecular flexibility index (Phi) is 3.08. The Hall–Kier alpha value is -1.35. The van der Waals surface area contributed by atoms with Gasteiger partial charge in [0, 0.05) is 6.54 Å². The summed E-state index contributed by atoms with van der Waals surface area (Å²) < 4.78 is 0. The number of rotatable bonds is 4. The van der Waals surface area contributed by atoms with E-state index >= 15 is 0 Å². The number of hydrogen-bond donors (Lipinski definition) is 1. The summed E-state index contributed by atoms with van der Waals surface area (Å²) in [6.45, 7) is 1.72. The molecule has 0 amide bonds. The second-order valence-corrected chi connectivity index (χ2v) is 5.53. The Morgan fingerprint density at radius 3 is 2.67 bits per heavy atom. The van der Waals surface area contributed by atoms with E-state index in [0.29, 0.717) is 6.42 Å². The Labute approximate surface area is 107 Å². The lowest BCUT2D eigenvalue weighted by Crippen LogP contribution is -2.45. The molecule has 3 rings (SSSR count). The molecule has 1 atom stereocenters. The summed E-state index contributed by atoms with van der Waals surface area (Å²) in [5.41, 5.74) is 2.50. The first kappa shape index (κ1) is 11.7.